The second-order valence-electron chi connectivity index (χ2n) is 4.53. The van der Waals surface area contributed by atoms with Gasteiger partial charge in [0.15, 0.2) is 0 Å². The molecule has 5 heteroatoms. The molecule has 0 saturated heterocycles. The average molecular weight is 290 g/mol. The van der Waals surface area contributed by atoms with Crippen molar-refractivity contribution in [2.45, 2.75) is 18.7 Å². The van der Waals surface area contributed by atoms with Gasteiger partial charge in [-0.25, -0.2) is 8.42 Å². The Bertz CT molecular complexity index is 697. The van der Waals surface area contributed by atoms with Crippen LogP contribution in [0.2, 0.25) is 0 Å². The number of hydrogen-bond acceptors (Lipinski definition) is 3. The summed E-state index contributed by atoms with van der Waals surface area (Å²) in [6.45, 7) is 3.94. The molecular formula is C15H18N2O2S. The smallest absolute Gasteiger partial charge is 0.264 e. The number of nitrogens with zero attached hydrogens (tertiary/aromatic N) is 1. The van der Waals surface area contributed by atoms with Crippen LogP contribution >= 0.6 is 0 Å². The van der Waals surface area contributed by atoms with E-state index in [-0.39, 0.29) is 4.90 Å². The maximum absolute atomic E-state index is 12.8. The fourth-order valence-electron chi connectivity index (χ4n) is 2.17. The van der Waals surface area contributed by atoms with Gasteiger partial charge in [-0.05, 0) is 49.7 Å². The van der Waals surface area contributed by atoms with E-state index < -0.39 is 10.0 Å². The minimum absolute atomic E-state index is 0.289. The summed E-state index contributed by atoms with van der Waals surface area (Å²) in [5.41, 5.74) is 7.55. The van der Waals surface area contributed by atoms with Crippen LogP contribution in [0, 0.1) is 6.92 Å². The maximum atomic E-state index is 12.8. The summed E-state index contributed by atoms with van der Waals surface area (Å²) in [5.74, 6) is 0. The van der Waals surface area contributed by atoms with Crippen molar-refractivity contribution in [3.05, 3.63) is 54.1 Å². The first-order valence-corrected chi connectivity index (χ1v) is 7.84. The van der Waals surface area contributed by atoms with Gasteiger partial charge in [-0.1, -0.05) is 18.2 Å². The van der Waals surface area contributed by atoms with Gasteiger partial charge in [-0.15, -0.1) is 0 Å². The molecule has 0 saturated carbocycles. The van der Waals surface area contributed by atoms with Crippen molar-refractivity contribution in [1.82, 2.24) is 0 Å². The van der Waals surface area contributed by atoms with Gasteiger partial charge in [-0.3, -0.25) is 4.31 Å². The van der Waals surface area contributed by atoms with Gasteiger partial charge in [0, 0.05) is 12.2 Å². The summed E-state index contributed by atoms with van der Waals surface area (Å²) in [6.07, 6.45) is 0. The molecule has 0 atom stereocenters. The second-order valence-corrected chi connectivity index (χ2v) is 6.36. The summed E-state index contributed by atoms with van der Waals surface area (Å²) in [7, 11) is -3.57. The largest absolute Gasteiger partial charge is 0.399 e. The lowest BCUT2D eigenvalue weighted by atomic mass is 10.2. The van der Waals surface area contributed by atoms with Crippen LogP contribution in [0.4, 0.5) is 11.4 Å². The Labute approximate surface area is 119 Å². The Balaban J connectivity index is 2.53. The Morgan fingerprint density at radius 2 is 1.75 bits per heavy atom. The molecule has 2 N–H and O–H groups in total. The number of rotatable bonds is 4. The number of benzene rings is 2. The van der Waals surface area contributed by atoms with E-state index in [1.54, 1.807) is 37.3 Å². The third-order valence-corrected chi connectivity index (χ3v) is 5.16. The van der Waals surface area contributed by atoms with Crippen molar-refractivity contribution in [3.63, 3.8) is 0 Å². The molecule has 0 radical (unpaired) electrons. The number of nitrogen functional groups attached to an aromatic ring is 1. The molecule has 2 aromatic carbocycles. The van der Waals surface area contributed by atoms with E-state index in [1.807, 2.05) is 25.1 Å². The van der Waals surface area contributed by atoms with E-state index in [4.69, 9.17) is 5.73 Å². The molecule has 2 aromatic rings. The highest BCUT2D eigenvalue weighted by molar-refractivity contribution is 7.92. The van der Waals surface area contributed by atoms with Crippen molar-refractivity contribution in [1.29, 1.82) is 0 Å². The monoisotopic (exact) mass is 290 g/mol. The van der Waals surface area contributed by atoms with E-state index in [0.717, 1.165) is 0 Å². The van der Waals surface area contributed by atoms with E-state index in [9.17, 15) is 8.42 Å². The third-order valence-electron chi connectivity index (χ3n) is 3.10. The molecule has 0 bridgehead atoms. The Hall–Kier alpha value is -2.01. The van der Waals surface area contributed by atoms with Crippen molar-refractivity contribution < 1.29 is 8.42 Å². The van der Waals surface area contributed by atoms with Crippen molar-refractivity contribution in [2.24, 2.45) is 0 Å². The van der Waals surface area contributed by atoms with Crippen LogP contribution in [0.3, 0.4) is 0 Å². The summed E-state index contributed by atoms with van der Waals surface area (Å²) in [4.78, 5) is 0.289. The zero-order chi connectivity index (χ0) is 14.8. The Kier molecular flexibility index (Phi) is 3.99. The minimum Gasteiger partial charge on any atom is -0.399 e. The van der Waals surface area contributed by atoms with E-state index in [0.29, 0.717) is 23.5 Å². The third kappa shape index (κ3) is 2.63. The van der Waals surface area contributed by atoms with Gasteiger partial charge >= 0.3 is 0 Å². The Morgan fingerprint density at radius 1 is 1.10 bits per heavy atom. The lowest BCUT2D eigenvalue weighted by Crippen LogP contribution is -2.31. The molecule has 0 unspecified atom stereocenters. The van der Waals surface area contributed by atoms with E-state index >= 15 is 0 Å². The highest BCUT2D eigenvalue weighted by Gasteiger charge is 2.25. The van der Waals surface area contributed by atoms with Crippen LogP contribution in [-0.2, 0) is 10.0 Å². The molecule has 0 aliphatic carbocycles. The molecule has 0 aromatic heterocycles. The maximum Gasteiger partial charge on any atom is 0.264 e. The predicted octanol–water partition coefficient (Wildman–Crippen LogP) is 2.79. The van der Waals surface area contributed by atoms with E-state index in [1.165, 1.54) is 4.31 Å². The van der Waals surface area contributed by atoms with Crippen molar-refractivity contribution in [3.8, 4) is 0 Å². The highest BCUT2D eigenvalue weighted by atomic mass is 32.2. The molecule has 0 amide bonds. The summed E-state index contributed by atoms with van der Waals surface area (Å²) in [5, 5.41) is 0. The first-order chi connectivity index (χ1) is 9.46. The van der Waals surface area contributed by atoms with Crippen LogP contribution in [0.25, 0.3) is 0 Å². The number of hydrogen-bond donors (Lipinski definition) is 1. The van der Waals surface area contributed by atoms with Crippen LogP contribution < -0.4 is 10.0 Å². The number of nitrogens with two attached hydrogens (primary N) is 1. The minimum atomic E-state index is -3.57. The molecule has 0 fully saturated rings. The van der Waals surface area contributed by atoms with Gasteiger partial charge in [0.25, 0.3) is 10.0 Å². The van der Waals surface area contributed by atoms with Gasteiger partial charge in [0.05, 0.1) is 10.6 Å². The highest BCUT2D eigenvalue weighted by Crippen LogP contribution is 2.26. The first-order valence-electron chi connectivity index (χ1n) is 6.40. The normalized spacial score (nSPS) is 11.3. The zero-order valence-corrected chi connectivity index (χ0v) is 12.4. The summed E-state index contributed by atoms with van der Waals surface area (Å²) in [6, 6.07) is 13.9. The fraction of sp³-hybridized carbons (Fsp3) is 0.200. The van der Waals surface area contributed by atoms with Crippen LogP contribution in [0.15, 0.2) is 53.4 Å². The molecule has 20 heavy (non-hydrogen) atoms. The van der Waals surface area contributed by atoms with Gasteiger partial charge in [-0.2, -0.15) is 0 Å². The number of aryl methyl sites for hydroxylation is 1. The van der Waals surface area contributed by atoms with Crippen LogP contribution in [0.1, 0.15) is 12.5 Å². The molecule has 0 heterocycles. The van der Waals surface area contributed by atoms with Crippen molar-refractivity contribution in [2.75, 3.05) is 16.6 Å². The molecule has 0 aliphatic heterocycles. The van der Waals surface area contributed by atoms with Gasteiger partial charge in [0.2, 0.25) is 0 Å². The van der Waals surface area contributed by atoms with Crippen molar-refractivity contribution >= 4 is 21.4 Å². The fourth-order valence-corrected chi connectivity index (χ4v) is 3.85. The topological polar surface area (TPSA) is 63.4 Å². The SMILES string of the molecule is CCN(c1ccccc1)S(=O)(=O)c1ccc(N)cc1C. The zero-order valence-electron chi connectivity index (χ0n) is 11.6. The standard InChI is InChI=1S/C15H18N2O2S/c1-3-17(14-7-5-4-6-8-14)20(18,19)15-10-9-13(16)11-12(15)2/h4-11H,3,16H2,1-2H3. The molecule has 0 aliphatic rings. The lowest BCUT2D eigenvalue weighted by Gasteiger charge is -2.23. The Morgan fingerprint density at radius 3 is 2.30 bits per heavy atom. The molecule has 106 valence electrons. The van der Waals surface area contributed by atoms with Crippen LogP contribution in [0.5, 0.6) is 0 Å². The first kappa shape index (κ1) is 14.4. The summed E-state index contributed by atoms with van der Waals surface area (Å²) >= 11 is 0. The number of para-hydroxylation sites is 1. The predicted molar refractivity (Wildman–Crippen MR) is 82.2 cm³/mol. The molecule has 0 spiro atoms. The molecular weight excluding hydrogens is 272 g/mol. The van der Waals surface area contributed by atoms with Gasteiger partial charge in [0.1, 0.15) is 0 Å². The molecule has 2 rings (SSSR count). The lowest BCUT2D eigenvalue weighted by molar-refractivity contribution is 0.591. The molecule has 4 nitrogen and oxygen atoms in total. The average Bonchev–Trinajstić information content (AvgIpc) is 2.40. The van der Waals surface area contributed by atoms with Gasteiger partial charge < -0.3 is 5.73 Å². The second kappa shape index (κ2) is 5.54. The number of sulfonamides is 1. The number of anilines is 2. The summed E-state index contributed by atoms with van der Waals surface area (Å²) < 4.78 is 27.0. The quantitative estimate of drug-likeness (QED) is 0.881. The van der Waals surface area contributed by atoms with E-state index in [2.05, 4.69) is 0 Å². The van der Waals surface area contributed by atoms with Crippen LogP contribution in [-0.4, -0.2) is 15.0 Å².